The first kappa shape index (κ1) is 14.2. The van der Waals surface area contributed by atoms with Gasteiger partial charge >= 0.3 is 0 Å². The molecule has 21 heavy (non-hydrogen) atoms. The molecule has 0 radical (unpaired) electrons. The van der Waals surface area contributed by atoms with Crippen molar-refractivity contribution in [3.05, 3.63) is 70.3 Å². The van der Waals surface area contributed by atoms with Gasteiger partial charge in [-0.1, -0.05) is 35.3 Å². The highest BCUT2D eigenvalue weighted by Crippen LogP contribution is 2.28. The highest BCUT2D eigenvalue weighted by Gasteiger charge is 2.08. The number of hydrogen-bond acceptors (Lipinski definition) is 2. The molecule has 3 aromatic rings. The second kappa shape index (κ2) is 5.92. The van der Waals surface area contributed by atoms with Gasteiger partial charge in [0, 0.05) is 23.3 Å². The number of halogens is 2. The van der Waals surface area contributed by atoms with E-state index >= 15 is 0 Å². The number of rotatable bonds is 3. The van der Waals surface area contributed by atoms with E-state index in [1.807, 2.05) is 36.4 Å². The van der Waals surface area contributed by atoms with Crippen molar-refractivity contribution in [1.82, 2.24) is 4.98 Å². The third-order valence-electron chi connectivity index (χ3n) is 3.43. The molecule has 3 rings (SSSR count). The zero-order valence-electron chi connectivity index (χ0n) is 11.5. The molecule has 0 fully saturated rings. The van der Waals surface area contributed by atoms with E-state index in [-0.39, 0.29) is 6.04 Å². The maximum absolute atomic E-state index is 6.07. The third kappa shape index (κ3) is 3.12. The Morgan fingerprint density at radius 3 is 2.67 bits per heavy atom. The fourth-order valence-corrected chi connectivity index (χ4v) is 2.59. The first-order valence-electron chi connectivity index (χ1n) is 6.70. The zero-order valence-corrected chi connectivity index (χ0v) is 13.0. The Bertz CT molecular complexity index is 787. The summed E-state index contributed by atoms with van der Waals surface area (Å²) in [6, 6.07) is 16.0. The van der Waals surface area contributed by atoms with Gasteiger partial charge in [-0.25, -0.2) is 0 Å². The molecule has 0 aliphatic heterocycles. The molecule has 1 heterocycles. The highest BCUT2D eigenvalue weighted by atomic mass is 35.5. The Morgan fingerprint density at radius 2 is 1.86 bits per heavy atom. The molecule has 0 amide bonds. The summed E-state index contributed by atoms with van der Waals surface area (Å²) in [5.41, 5.74) is 3.13. The Kier molecular flexibility index (Phi) is 4.00. The van der Waals surface area contributed by atoms with Gasteiger partial charge in [0.1, 0.15) is 0 Å². The van der Waals surface area contributed by atoms with E-state index in [2.05, 4.69) is 29.4 Å². The molecule has 0 saturated carbocycles. The Labute approximate surface area is 133 Å². The Balaban J connectivity index is 1.85. The molecule has 106 valence electrons. The molecule has 0 aliphatic rings. The molecule has 0 bridgehead atoms. The van der Waals surface area contributed by atoms with Crippen molar-refractivity contribution in [2.75, 3.05) is 5.32 Å². The van der Waals surface area contributed by atoms with Crippen molar-refractivity contribution in [3.63, 3.8) is 0 Å². The number of nitrogens with one attached hydrogen (secondary N) is 1. The molecule has 4 heteroatoms. The summed E-state index contributed by atoms with van der Waals surface area (Å²) in [5.74, 6) is 0. The topological polar surface area (TPSA) is 24.9 Å². The lowest BCUT2D eigenvalue weighted by Gasteiger charge is -2.16. The van der Waals surface area contributed by atoms with E-state index in [1.54, 1.807) is 6.20 Å². The molecule has 1 aromatic heterocycles. The second-order valence-electron chi connectivity index (χ2n) is 4.95. The lowest BCUT2D eigenvalue weighted by atomic mass is 10.1. The summed E-state index contributed by atoms with van der Waals surface area (Å²) in [7, 11) is 0. The minimum absolute atomic E-state index is 0.133. The van der Waals surface area contributed by atoms with Crippen molar-refractivity contribution in [3.8, 4) is 0 Å². The van der Waals surface area contributed by atoms with Crippen molar-refractivity contribution in [2.45, 2.75) is 13.0 Å². The highest BCUT2D eigenvalue weighted by molar-refractivity contribution is 6.42. The molecule has 1 atom stereocenters. The molecule has 1 N–H and O–H groups in total. The monoisotopic (exact) mass is 316 g/mol. The standard InChI is InChI=1S/C17H14Cl2N2/c1-11(12-4-6-15(18)16(19)10-12)21-14-5-7-17-13(9-14)3-2-8-20-17/h2-11,21H,1H3. The number of anilines is 1. The second-order valence-corrected chi connectivity index (χ2v) is 5.76. The minimum Gasteiger partial charge on any atom is -0.379 e. The van der Waals surface area contributed by atoms with Crippen LogP contribution in [0.3, 0.4) is 0 Å². The molecule has 0 saturated heterocycles. The maximum Gasteiger partial charge on any atom is 0.0703 e. The summed E-state index contributed by atoms with van der Waals surface area (Å²) in [4.78, 5) is 4.32. The lowest BCUT2D eigenvalue weighted by Crippen LogP contribution is -2.06. The van der Waals surface area contributed by atoms with E-state index in [1.165, 1.54) is 0 Å². The smallest absolute Gasteiger partial charge is 0.0703 e. The van der Waals surface area contributed by atoms with Crippen LogP contribution in [0.5, 0.6) is 0 Å². The fourth-order valence-electron chi connectivity index (χ4n) is 2.28. The Hall–Kier alpha value is -1.77. The van der Waals surface area contributed by atoms with Crippen LogP contribution in [0.2, 0.25) is 10.0 Å². The van der Waals surface area contributed by atoms with Gasteiger partial charge in [0.15, 0.2) is 0 Å². The van der Waals surface area contributed by atoms with Gasteiger partial charge in [-0.2, -0.15) is 0 Å². The predicted molar refractivity (Wildman–Crippen MR) is 90.2 cm³/mol. The first-order valence-corrected chi connectivity index (χ1v) is 7.45. The van der Waals surface area contributed by atoms with Crippen LogP contribution in [0.25, 0.3) is 10.9 Å². The van der Waals surface area contributed by atoms with Gasteiger partial charge in [0.05, 0.1) is 15.6 Å². The SMILES string of the molecule is CC(Nc1ccc2ncccc2c1)c1ccc(Cl)c(Cl)c1. The molecule has 0 aliphatic carbocycles. The average Bonchev–Trinajstić information content (AvgIpc) is 2.50. The van der Waals surface area contributed by atoms with E-state index in [0.717, 1.165) is 22.2 Å². The quantitative estimate of drug-likeness (QED) is 0.669. The molecular formula is C17H14Cl2N2. The van der Waals surface area contributed by atoms with Crippen LogP contribution >= 0.6 is 23.2 Å². The van der Waals surface area contributed by atoms with Gasteiger partial charge < -0.3 is 5.32 Å². The molecule has 2 nitrogen and oxygen atoms in total. The van der Waals surface area contributed by atoms with Crippen LogP contribution in [0.15, 0.2) is 54.7 Å². The van der Waals surface area contributed by atoms with E-state index < -0.39 is 0 Å². The van der Waals surface area contributed by atoms with Crippen molar-refractivity contribution >= 4 is 39.8 Å². The Morgan fingerprint density at radius 1 is 1.00 bits per heavy atom. The van der Waals surface area contributed by atoms with Crippen LogP contribution < -0.4 is 5.32 Å². The lowest BCUT2D eigenvalue weighted by molar-refractivity contribution is 0.885. The van der Waals surface area contributed by atoms with Gasteiger partial charge in [-0.15, -0.1) is 0 Å². The summed E-state index contributed by atoms with van der Waals surface area (Å²) in [6.45, 7) is 2.09. The van der Waals surface area contributed by atoms with Crippen LogP contribution in [-0.2, 0) is 0 Å². The molecule has 1 unspecified atom stereocenters. The van der Waals surface area contributed by atoms with Gasteiger partial charge in [0.2, 0.25) is 0 Å². The van der Waals surface area contributed by atoms with E-state index in [4.69, 9.17) is 23.2 Å². The third-order valence-corrected chi connectivity index (χ3v) is 4.17. The summed E-state index contributed by atoms with van der Waals surface area (Å²) in [6.07, 6.45) is 1.80. The largest absolute Gasteiger partial charge is 0.379 e. The van der Waals surface area contributed by atoms with Crippen molar-refractivity contribution in [1.29, 1.82) is 0 Å². The molecule has 0 spiro atoms. The van der Waals surface area contributed by atoms with Gasteiger partial charge in [0.25, 0.3) is 0 Å². The fraction of sp³-hybridized carbons (Fsp3) is 0.118. The van der Waals surface area contributed by atoms with Gasteiger partial charge in [-0.05, 0) is 48.9 Å². The number of fused-ring (bicyclic) bond motifs is 1. The number of pyridine rings is 1. The van der Waals surface area contributed by atoms with Crippen molar-refractivity contribution < 1.29 is 0 Å². The van der Waals surface area contributed by atoms with Crippen LogP contribution in [-0.4, -0.2) is 4.98 Å². The van der Waals surface area contributed by atoms with E-state index in [9.17, 15) is 0 Å². The summed E-state index contributed by atoms with van der Waals surface area (Å²) < 4.78 is 0. The summed E-state index contributed by atoms with van der Waals surface area (Å²) >= 11 is 12.0. The summed E-state index contributed by atoms with van der Waals surface area (Å²) in [5, 5.41) is 5.73. The molecular weight excluding hydrogens is 303 g/mol. The first-order chi connectivity index (χ1) is 10.1. The number of aromatic nitrogens is 1. The number of nitrogens with zero attached hydrogens (tertiary/aromatic N) is 1. The normalized spacial score (nSPS) is 12.3. The van der Waals surface area contributed by atoms with Crippen LogP contribution in [0.1, 0.15) is 18.5 Å². The minimum atomic E-state index is 0.133. The number of hydrogen-bond donors (Lipinski definition) is 1. The van der Waals surface area contributed by atoms with Gasteiger partial charge in [-0.3, -0.25) is 4.98 Å². The van der Waals surface area contributed by atoms with Crippen molar-refractivity contribution in [2.24, 2.45) is 0 Å². The van der Waals surface area contributed by atoms with Crippen LogP contribution in [0, 0.1) is 0 Å². The number of benzene rings is 2. The zero-order chi connectivity index (χ0) is 14.8. The average molecular weight is 317 g/mol. The van der Waals surface area contributed by atoms with Crippen LogP contribution in [0.4, 0.5) is 5.69 Å². The van der Waals surface area contributed by atoms with E-state index in [0.29, 0.717) is 10.0 Å². The molecule has 2 aromatic carbocycles. The predicted octanol–water partition coefficient (Wildman–Crippen LogP) is 5.71. The maximum atomic E-state index is 6.07.